The molecule has 1 fully saturated rings. The lowest BCUT2D eigenvalue weighted by Crippen LogP contribution is -2.32. The van der Waals surface area contributed by atoms with Crippen LogP contribution in [0, 0.1) is 0 Å². The zero-order chi connectivity index (χ0) is 16.9. The summed E-state index contributed by atoms with van der Waals surface area (Å²) in [6.07, 6.45) is 4.00. The highest BCUT2D eigenvalue weighted by molar-refractivity contribution is 7.13. The molecule has 0 atom stereocenters. The molecule has 128 valence electrons. The van der Waals surface area contributed by atoms with Crippen LogP contribution in [-0.2, 0) is 11.3 Å². The van der Waals surface area contributed by atoms with Gasteiger partial charge in [-0.15, -0.1) is 11.3 Å². The van der Waals surface area contributed by atoms with Gasteiger partial charge in [0.15, 0.2) is 0 Å². The third-order valence-corrected chi connectivity index (χ3v) is 4.96. The van der Waals surface area contributed by atoms with Crippen LogP contribution in [0.25, 0.3) is 10.6 Å². The van der Waals surface area contributed by atoms with Crippen molar-refractivity contribution in [3.05, 3.63) is 65.2 Å². The molecule has 1 aliphatic heterocycles. The SMILES string of the molecule is C(=N/N1CCOCC1)/c1cn(Cc2ccccc2)nc1-c1cccs1. The van der Waals surface area contributed by atoms with E-state index in [2.05, 4.69) is 58.1 Å². The van der Waals surface area contributed by atoms with Crippen LogP contribution >= 0.6 is 11.3 Å². The molecular formula is C19H20N4OS. The second-order valence-electron chi connectivity index (χ2n) is 5.90. The molecule has 3 aromatic rings. The van der Waals surface area contributed by atoms with Gasteiger partial charge in [-0.3, -0.25) is 9.69 Å². The quantitative estimate of drug-likeness (QED) is 0.662. The normalized spacial score (nSPS) is 15.1. The maximum atomic E-state index is 5.37. The minimum Gasteiger partial charge on any atom is -0.378 e. The van der Waals surface area contributed by atoms with Gasteiger partial charge >= 0.3 is 0 Å². The predicted octanol–water partition coefficient (Wildman–Crippen LogP) is 3.33. The number of rotatable bonds is 5. The van der Waals surface area contributed by atoms with E-state index in [-0.39, 0.29) is 0 Å². The van der Waals surface area contributed by atoms with Gasteiger partial charge in [-0.05, 0) is 17.0 Å². The average molecular weight is 352 g/mol. The van der Waals surface area contributed by atoms with Crippen LogP contribution < -0.4 is 0 Å². The summed E-state index contributed by atoms with van der Waals surface area (Å²) in [5, 5.41) is 13.6. The second-order valence-corrected chi connectivity index (χ2v) is 6.85. The van der Waals surface area contributed by atoms with Gasteiger partial charge in [-0.2, -0.15) is 10.2 Å². The smallest absolute Gasteiger partial charge is 0.111 e. The summed E-state index contributed by atoms with van der Waals surface area (Å²) >= 11 is 1.70. The second kappa shape index (κ2) is 7.63. The lowest BCUT2D eigenvalue weighted by molar-refractivity contribution is 0.0397. The summed E-state index contributed by atoms with van der Waals surface area (Å²) in [6.45, 7) is 3.90. The maximum absolute atomic E-state index is 5.37. The van der Waals surface area contributed by atoms with Crippen LogP contribution in [0.5, 0.6) is 0 Å². The van der Waals surface area contributed by atoms with Crippen molar-refractivity contribution in [3.8, 4) is 10.6 Å². The van der Waals surface area contributed by atoms with Crippen molar-refractivity contribution in [1.29, 1.82) is 0 Å². The Bertz CT molecular complexity index is 820. The Balaban J connectivity index is 1.60. The molecule has 0 spiro atoms. The molecule has 0 saturated carbocycles. The van der Waals surface area contributed by atoms with Crippen molar-refractivity contribution in [3.63, 3.8) is 0 Å². The molecule has 4 rings (SSSR count). The molecule has 2 aromatic heterocycles. The van der Waals surface area contributed by atoms with Crippen LogP contribution in [0.1, 0.15) is 11.1 Å². The number of nitrogens with zero attached hydrogens (tertiary/aromatic N) is 4. The van der Waals surface area contributed by atoms with Crippen molar-refractivity contribution in [2.45, 2.75) is 6.54 Å². The summed E-state index contributed by atoms with van der Waals surface area (Å²) in [5.74, 6) is 0. The van der Waals surface area contributed by atoms with Crippen LogP contribution in [0.3, 0.4) is 0 Å². The fourth-order valence-corrected chi connectivity index (χ4v) is 3.53. The molecule has 0 radical (unpaired) electrons. The molecule has 1 aromatic carbocycles. The number of thiophene rings is 1. The summed E-state index contributed by atoms with van der Waals surface area (Å²) < 4.78 is 7.37. The van der Waals surface area contributed by atoms with Gasteiger partial charge in [0.05, 0.1) is 43.9 Å². The van der Waals surface area contributed by atoms with E-state index >= 15 is 0 Å². The molecule has 5 nitrogen and oxygen atoms in total. The van der Waals surface area contributed by atoms with Gasteiger partial charge in [0.2, 0.25) is 0 Å². The fraction of sp³-hybridized carbons (Fsp3) is 0.263. The van der Waals surface area contributed by atoms with E-state index in [0.717, 1.165) is 49.0 Å². The topological polar surface area (TPSA) is 42.6 Å². The molecule has 1 saturated heterocycles. The van der Waals surface area contributed by atoms with Gasteiger partial charge in [-0.1, -0.05) is 36.4 Å². The zero-order valence-corrected chi connectivity index (χ0v) is 14.7. The van der Waals surface area contributed by atoms with E-state index in [0.29, 0.717) is 0 Å². The number of hydrogen-bond acceptors (Lipinski definition) is 5. The molecule has 0 bridgehead atoms. The van der Waals surface area contributed by atoms with Crippen LogP contribution in [0.4, 0.5) is 0 Å². The summed E-state index contributed by atoms with van der Waals surface area (Å²) in [6, 6.07) is 14.5. The molecule has 0 unspecified atom stereocenters. The number of hydrogen-bond donors (Lipinski definition) is 0. The van der Waals surface area contributed by atoms with Gasteiger partial charge in [-0.25, -0.2) is 0 Å². The molecule has 25 heavy (non-hydrogen) atoms. The van der Waals surface area contributed by atoms with Gasteiger partial charge in [0.25, 0.3) is 0 Å². The van der Waals surface area contributed by atoms with Crippen molar-refractivity contribution >= 4 is 17.6 Å². The Labute approximate surface area is 151 Å². The van der Waals surface area contributed by atoms with Crippen molar-refractivity contribution in [2.75, 3.05) is 26.3 Å². The molecule has 6 heteroatoms. The van der Waals surface area contributed by atoms with E-state index in [9.17, 15) is 0 Å². The largest absolute Gasteiger partial charge is 0.378 e. The highest BCUT2D eigenvalue weighted by atomic mass is 32.1. The Morgan fingerprint density at radius 3 is 2.72 bits per heavy atom. The highest BCUT2D eigenvalue weighted by Crippen LogP contribution is 2.26. The van der Waals surface area contributed by atoms with Crippen molar-refractivity contribution < 1.29 is 4.74 Å². The first-order valence-corrected chi connectivity index (χ1v) is 9.28. The van der Waals surface area contributed by atoms with Crippen molar-refractivity contribution in [1.82, 2.24) is 14.8 Å². The van der Waals surface area contributed by atoms with E-state index in [1.165, 1.54) is 5.56 Å². The Morgan fingerprint density at radius 1 is 1.12 bits per heavy atom. The first-order valence-electron chi connectivity index (χ1n) is 8.40. The monoisotopic (exact) mass is 352 g/mol. The number of aromatic nitrogens is 2. The van der Waals surface area contributed by atoms with Gasteiger partial charge in [0, 0.05) is 11.8 Å². The molecular weight excluding hydrogens is 332 g/mol. The summed E-state index contributed by atoms with van der Waals surface area (Å²) in [5.41, 5.74) is 3.27. The summed E-state index contributed by atoms with van der Waals surface area (Å²) in [4.78, 5) is 1.16. The number of hydrazone groups is 1. The van der Waals surface area contributed by atoms with Crippen molar-refractivity contribution in [2.24, 2.45) is 5.10 Å². The zero-order valence-electron chi connectivity index (χ0n) is 13.9. The summed E-state index contributed by atoms with van der Waals surface area (Å²) in [7, 11) is 0. The molecule has 1 aliphatic rings. The van der Waals surface area contributed by atoms with E-state index in [4.69, 9.17) is 9.84 Å². The molecule has 3 heterocycles. The van der Waals surface area contributed by atoms with Crippen LogP contribution in [-0.4, -0.2) is 47.3 Å². The number of morpholine rings is 1. The molecule has 0 N–H and O–H groups in total. The lowest BCUT2D eigenvalue weighted by Gasteiger charge is -2.23. The highest BCUT2D eigenvalue weighted by Gasteiger charge is 2.12. The Morgan fingerprint density at radius 2 is 1.96 bits per heavy atom. The average Bonchev–Trinajstić information content (AvgIpc) is 3.31. The van der Waals surface area contributed by atoms with Crippen LogP contribution in [0.2, 0.25) is 0 Å². The molecule has 0 amide bonds. The van der Waals surface area contributed by atoms with Gasteiger partial charge in [0.1, 0.15) is 5.69 Å². The van der Waals surface area contributed by atoms with E-state index < -0.39 is 0 Å². The number of benzene rings is 1. The maximum Gasteiger partial charge on any atom is 0.111 e. The fourth-order valence-electron chi connectivity index (χ4n) is 2.80. The van der Waals surface area contributed by atoms with Gasteiger partial charge < -0.3 is 4.74 Å². The first kappa shape index (κ1) is 16.1. The lowest BCUT2D eigenvalue weighted by atomic mass is 10.2. The Kier molecular flexibility index (Phi) is 4.90. The Hall–Kier alpha value is -2.44. The number of ether oxygens (including phenoxy) is 1. The standard InChI is InChI=1S/C19H20N4OS/c1-2-5-16(6-3-1)14-23-15-17(13-20-22-8-10-24-11-9-22)19(21-23)18-7-4-12-25-18/h1-7,12-13,15H,8-11,14H2/b20-13-. The van der Waals surface area contributed by atoms with E-state index in [1.54, 1.807) is 11.3 Å². The minimum atomic E-state index is 0.738. The van der Waals surface area contributed by atoms with Crippen LogP contribution in [0.15, 0.2) is 59.1 Å². The third-order valence-electron chi connectivity index (χ3n) is 4.08. The minimum absolute atomic E-state index is 0.738. The van der Waals surface area contributed by atoms with E-state index in [1.807, 2.05) is 17.0 Å². The predicted molar refractivity (Wildman–Crippen MR) is 101 cm³/mol. The first-order chi connectivity index (χ1) is 12.4. The third kappa shape index (κ3) is 3.97. The molecule has 0 aliphatic carbocycles.